The second-order valence-corrected chi connectivity index (χ2v) is 5.83. The molecule has 0 radical (unpaired) electrons. The molecule has 15 heavy (non-hydrogen) atoms. The second-order valence-electron chi connectivity index (χ2n) is 4.37. The van der Waals surface area contributed by atoms with E-state index in [0.29, 0.717) is 5.92 Å². The van der Waals surface area contributed by atoms with Gasteiger partial charge in [0.15, 0.2) is 0 Å². The monoisotopic (exact) mass is 222 g/mol. The van der Waals surface area contributed by atoms with Gasteiger partial charge in [-0.15, -0.1) is 11.3 Å². The van der Waals surface area contributed by atoms with Gasteiger partial charge in [-0.05, 0) is 45.2 Å². The predicted octanol–water partition coefficient (Wildman–Crippen LogP) is 3.19. The highest BCUT2D eigenvalue weighted by atomic mass is 32.1. The lowest BCUT2D eigenvalue weighted by atomic mass is 10.1. The van der Waals surface area contributed by atoms with Crippen molar-refractivity contribution in [3.63, 3.8) is 0 Å². The Bertz CT molecular complexity index is 388. The Morgan fingerprint density at radius 2 is 2.20 bits per heavy atom. The van der Waals surface area contributed by atoms with Crippen LogP contribution in [0.3, 0.4) is 0 Å². The molecule has 0 aliphatic heterocycles. The van der Waals surface area contributed by atoms with Gasteiger partial charge >= 0.3 is 0 Å². The van der Waals surface area contributed by atoms with Crippen molar-refractivity contribution < 1.29 is 0 Å². The third kappa shape index (κ3) is 2.40. The highest BCUT2D eigenvalue weighted by molar-refractivity contribution is 7.12. The van der Waals surface area contributed by atoms with Crippen molar-refractivity contribution in [2.45, 2.75) is 39.7 Å². The van der Waals surface area contributed by atoms with Crippen LogP contribution in [-0.4, -0.2) is 5.84 Å². The molecule has 1 aliphatic carbocycles. The van der Waals surface area contributed by atoms with E-state index >= 15 is 0 Å². The fourth-order valence-electron chi connectivity index (χ4n) is 1.84. The van der Waals surface area contributed by atoms with Crippen molar-refractivity contribution in [2.24, 2.45) is 16.6 Å². The molecule has 2 rings (SSSR count). The Balaban J connectivity index is 2.16. The number of hydrogen-bond acceptors (Lipinski definition) is 2. The van der Waals surface area contributed by atoms with Crippen LogP contribution in [0.4, 0.5) is 0 Å². The van der Waals surface area contributed by atoms with E-state index in [0.717, 1.165) is 5.84 Å². The first kappa shape index (κ1) is 10.7. The lowest BCUT2D eigenvalue weighted by Crippen LogP contribution is -2.15. The van der Waals surface area contributed by atoms with E-state index in [1.165, 1.54) is 28.2 Å². The van der Waals surface area contributed by atoms with Crippen molar-refractivity contribution in [2.75, 3.05) is 0 Å². The number of nitrogens with zero attached hydrogens (tertiary/aromatic N) is 1. The Morgan fingerprint density at radius 3 is 2.67 bits per heavy atom. The first-order valence-corrected chi connectivity index (χ1v) is 6.29. The van der Waals surface area contributed by atoms with Gasteiger partial charge in [-0.1, -0.05) is 0 Å². The Morgan fingerprint density at radius 1 is 1.53 bits per heavy atom. The van der Waals surface area contributed by atoms with Gasteiger partial charge < -0.3 is 5.73 Å². The lowest BCUT2D eigenvalue weighted by Gasteiger charge is -2.07. The third-order valence-electron chi connectivity index (χ3n) is 2.87. The van der Waals surface area contributed by atoms with Gasteiger partial charge in [0.2, 0.25) is 0 Å². The summed E-state index contributed by atoms with van der Waals surface area (Å²) in [6.45, 7) is 6.43. The molecule has 82 valence electrons. The molecule has 2 nitrogen and oxygen atoms in total. The maximum absolute atomic E-state index is 5.93. The minimum absolute atomic E-state index is 0.218. The first-order valence-electron chi connectivity index (χ1n) is 5.48. The van der Waals surface area contributed by atoms with Crippen molar-refractivity contribution >= 4 is 17.2 Å². The van der Waals surface area contributed by atoms with Gasteiger partial charge in [0, 0.05) is 15.7 Å². The molecule has 1 aromatic heterocycles. The molecule has 0 spiro atoms. The molecule has 0 bridgehead atoms. The van der Waals surface area contributed by atoms with E-state index < -0.39 is 0 Å². The zero-order valence-corrected chi connectivity index (χ0v) is 10.4. The van der Waals surface area contributed by atoms with Crippen LogP contribution in [0.5, 0.6) is 0 Å². The fourth-order valence-corrected chi connectivity index (χ4v) is 2.86. The number of aryl methyl sites for hydroxylation is 2. The van der Waals surface area contributed by atoms with Crippen LogP contribution in [0.1, 0.15) is 41.1 Å². The van der Waals surface area contributed by atoms with E-state index in [-0.39, 0.29) is 6.04 Å². The number of amidine groups is 1. The molecule has 1 aliphatic rings. The summed E-state index contributed by atoms with van der Waals surface area (Å²) in [7, 11) is 0. The molecule has 1 fully saturated rings. The van der Waals surface area contributed by atoms with E-state index in [9.17, 15) is 0 Å². The molecule has 3 heteroatoms. The first-order chi connectivity index (χ1) is 7.08. The van der Waals surface area contributed by atoms with E-state index in [2.05, 4.69) is 31.8 Å². The summed E-state index contributed by atoms with van der Waals surface area (Å²) >= 11 is 1.84. The molecule has 0 amide bonds. The normalized spacial score (nSPS) is 19.3. The average molecular weight is 222 g/mol. The Kier molecular flexibility index (Phi) is 2.83. The van der Waals surface area contributed by atoms with Gasteiger partial charge in [-0.3, -0.25) is 4.99 Å². The largest absolute Gasteiger partial charge is 0.387 e. The molecular weight excluding hydrogens is 204 g/mol. The van der Waals surface area contributed by atoms with Crippen LogP contribution in [0.25, 0.3) is 0 Å². The fraction of sp³-hybridized carbons (Fsp3) is 0.583. The minimum Gasteiger partial charge on any atom is -0.387 e. The predicted molar refractivity (Wildman–Crippen MR) is 66.6 cm³/mol. The number of hydrogen-bond donors (Lipinski definition) is 1. The van der Waals surface area contributed by atoms with Crippen LogP contribution < -0.4 is 5.73 Å². The molecule has 0 saturated heterocycles. The topological polar surface area (TPSA) is 38.4 Å². The molecule has 1 unspecified atom stereocenters. The van der Waals surface area contributed by atoms with Crippen LogP contribution >= 0.6 is 11.3 Å². The summed E-state index contributed by atoms with van der Waals surface area (Å²) in [5.41, 5.74) is 7.26. The van der Waals surface area contributed by atoms with E-state index in [4.69, 9.17) is 5.73 Å². The number of nitrogens with two attached hydrogens (primary N) is 1. The number of rotatable bonds is 3. The van der Waals surface area contributed by atoms with Crippen LogP contribution in [0, 0.1) is 19.8 Å². The minimum atomic E-state index is 0.218. The van der Waals surface area contributed by atoms with E-state index in [1.54, 1.807) is 0 Å². The van der Waals surface area contributed by atoms with Crippen molar-refractivity contribution in [1.29, 1.82) is 0 Å². The molecule has 1 saturated carbocycles. The summed E-state index contributed by atoms with van der Waals surface area (Å²) in [6, 6.07) is 2.45. The van der Waals surface area contributed by atoms with Gasteiger partial charge in [0.1, 0.15) is 0 Å². The number of thiophene rings is 1. The third-order valence-corrected chi connectivity index (χ3v) is 3.85. The van der Waals surface area contributed by atoms with Gasteiger partial charge in [-0.2, -0.15) is 0 Å². The van der Waals surface area contributed by atoms with Crippen LogP contribution in [0.15, 0.2) is 11.1 Å². The quantitative estimate of drug-likeness (QED) is 0.619. The van der Waals surface area contributed by atoms with Gasteiger partial charge in [-0.25, -0.2) is 0 Å². The summed E-state index contributed by atoms with van der Waals surface area (Å²) in [4.78, 5) is 7.31. The Hall–Kier alpha value is -0.830. The van der Waals surface area contributed by atoms with Gasteiger partial charge in [0.25, 0.3) is 0 Å². The van der Waals surface area contributed by atoms with E-state index in [1.807, 2.05) is 11.3 Å². The second kappa shape index (κ2) is 3.97. The zero-order chi connectivity index (χ0) is 11.0. The summed E-state index contributed by atoms with van der Waals surface area (Å²) in [6.07, 6.45) is 2.45. The maximum Gasteiger partial charge on any atom is 0.0975 e. The average Bonchev–Trinajstić information content (AvgIpc) is 2.92. The summed E-state index contributed by atoms with van der Waals surface area (Å²) < 4.78 is 0. The SMILES string of the molecule is Cc1cc(C(C)N=C(N)C2CC2)c(C)s1. The molecule has 0 aromatic carbocycles. The molecular formula is C12H18N2S. The summed E-state index contributed by atoms with van der Waals surface area (Å²) in [5, 5.41) is 0. The van der Waals surface area contributed by atoms with Crippen LogP contribution in [0.2, 0.25) is 0 Å². The molecule has 2 N–H and O–H groups in total. The van der Waals surface area contributed by atoms with Crippen molar-refractivity contribution in [3.8, 4) is 0 Å². The van der Waals surface area contributed by atoms with Crippen molar-refractivity contribution in [1.82, 2.24) is 0 Å². The smallest absolute Gasteiger partial charge is 0.0975 e. The highest BCUT2D eigenvalue weighted by Crippen LogP contribution is 2.32. The van der Waals surface area contributed by atoms with Crippen LogP contribution in [-0.2, 0) is 0 Å². The number of aliphatic imine (C=N–C) groups is 1. The standard InChI is InChI=1S/C12H18N2S/c1-7-6-11(9(3)15-7)8(2)14-12(13)10-4-5-10/h6,8,10H,4-5H2,1-3H3,(H2,13,14). The van der Waals surface area contributed by atoms with Gasteiger partial charge in [0.05, 0.1) is 11.9 Å². The Labute approximate surface area is 95.2 Å². The highest BCUT2D eigenvalue weighted by Gasteiger charge is 2.26. The zero-order valence-electron chi connectivity index (χ0n) is 9.58. The van der Waals surface area contributed by atoms with Crippen molar-refractivity contribution in [3.05, 3.63) is 21.4 Å². The lowest BCUT2D eigenvalue weighted by molar-refractivity contribution is 0.806. The molecule has 1 aromatic rings. The summed E-state index contributed by atoms with van der Waals surface area (Å²) in [5.74, 6) is 1.43. The maximum atomic E-state index is 5.93. The molecule has 1 heterocycles. The molecule has 1 atom stereocenters.